The average Bonchev–Trinajstić information content (AvgIpc) is 3.13. The van der Waals surface area contributed by atoms with Gasteiger partial charge in [0, 0.05) is 22.8 Å². The van der Waals surface area contributed by atoms with Crippen LogP contribution in [0.25, 0.3) is 11.3 Å². The van der Waals surface area contributed by atoms with Crippen LogP contribution in [0.5, 0.6) is 0 Å². The lowest BCUT2D eigenvalue weighted by atomic mass is 10.1. The summed E-state index contributed by atoms with van der Waals surface area (Å²) < 4.78 is 0. The minimum absolute atomic E-state index is 0.169. The minimum atomic E-state index is 0.169. The fourth-order valence-corrected chi connectivity index (χ4v) is 2.54. The Hall–Kier alpha value is -2.14. The van der Waals surface area contributed by atoms with Gasteiger partial charge in [-0.25, -0.2) is 9.97 Å². The molecule has 2 aromatic heterocycles. The molecule has 4 nitrogen and oxygen atoms in total. The molecule has 19 heavy (non-hydrogen) atoms. The fraction of sp³-hybridized carbons (Fsp3) is 0.143. The highest BCUT2D eigenvalue weighted by Gasteiger charge is 2.11. The van der Waals surface area contributed by atoms with Gasteiger partial charge in [0.05, 0.1) is 29.3 Å². The van der Waals surface area contributed by atoms with Crippen LogP contribution in [0.15, 0.2) is 47.7 Å². The van der Waals surface area contributed by atoms with Gasteiger partial charge in [-0.1, -0.05) is 18.2 Å². The number of hydrogen-bond donors (Lipinski definition) is 2. The van der Waals surface area contributed by atoms with Crippen LogP contribution < -0.4 is 5.32 Å². The Bertz CT molecular complexity index is 631. The van der Waals surface area contributed by atoms with Crippen LogP contribution in [0.3, 0.4) is 0 Å². The molecule has 2 N–H and O–H groups in total. The van der Waals surface area contributed by atoms with Gasteiger partial charge in [0.25, 0.3) is 0 Å². The van der Waals surface area contributed by atoms with Gasteiger partial charge in [0.2, 0.25) is 0 Å². The summed E-state index contributed by atoms with van der Waals surface area (Å²) in [6, 6.07) is 8.37. The molecule has 2 heterocycles. The third kappa shape index (κ3) is 2.51. The zero-order chi connectivity index (χ0) is 13.1. The summed E-state index contributed by atoms with van der Waals surface area (Å²) in [5, 5.41) is 5.55. The quantitative estimate of drug-likeness (QED) is 0.760. The third-order valence-corrected chi connectivity index (χ3v) is 3.58. The lowest BCUT2D eigenvalue weighted by molar-refractivity contribution is 0.850. The van der Waals surface area contributed by atoms with Gasteiger partial charge in [-0.05, 0) is 13.0 Å². The minimum Gasteiger partial charge on any atom is -0.376 e. The normalized spacial score (nSPS) is 12.3. The van der Waals surface area contributed by atoms with Gasteiger partial charge < -0.3 is 10.3 Å². The zero-order valence-electron chi connectivity index (χ0n) is 10.5. The van der Waals surface area contributed by atoms with E-state index in [9.17, 15) is 0 Å². The summed E-state index contributed by atoms with van der Waals surface area (Å²) in [5.74, 6) is 0. The molecule has 0 spiro atoms. The van der Waals surface area contributed by atoms with Crippen molar-refractivity contribution in [2.75, 3.05) is 5.32 Å². The Balaban J connectivity index is 1.89. The number of aromatic nitrogens is 3. The number of hydrogen-bond acceptors (Lipinski definition) is 4. The van der Waals surface area contributed by atoms with Crippen molar-refractivity contribution in [1.82, 2.24) is 15.0 Å². The summed E-state index contributed by atoms with van der Waals surface area (Å²) in [6.07, 6.45) is 3.53. The van der Waals surface area contributed by atoms with Crippen LogP contribution in [0.4, 0.5) is 5.69 Å². The van der Waals surface area contributed by atoms with E-state index in [0.29, 0.717) is 0 Å². The lowest BCUT2D eigenvalue weighted by Crippen LogP contribution is -2.07. The predicted octanol–water partition coefficient (Wildman–Crippen LogP) is 3.71. The number of benzene rings is 1. The second-order valence-electron chi connectivity index (χ2n) is 4.29. The van der Waals surface area contributed by atoms with Gasteiger partial charge in [-0.15, -0.1) is 11.3 Å². The van der Waals surface area contributed by atoms with Crippen LogP contribution in [0.1, 0.15) is 18.7 Å². The highest BCUT2D eigenvalue weighted by molar-refractivity contribution is 7.07. The van der Waals surface area contributed by atoms with Crippen LogP contribution in [-0.2, 0) is 0 Å². The number of nitrogens with one attached hydrogen (secondary N) is 2. The van der Waals surface area contributed by atoms with Crippen LogP contribution in [0, 0.1) is 0 Å². The molecule has 0 fully saturated rings. The molecule has 0 amide bonds. The molecular weight excluding hydrogens is 256 g/mol. The Labute approximate surface area is 115 Å². The molecule has 96 valence electrons. The van der Waals surface area contributed by atoms with Gasteiger partial charge in [0.1, 0.15) is 0 Å². The molecule has 5 heteroatoms. The number of para-hydroxylation sites is 1. The molecule has 1 atom stereocenters. The van der Waals surface area contributed by atoms with Crippen molar-refractivity contribution in [2.24, 2.45) is 0 Å². The predicted molar refractivity (Wildman–Crippen MR) is 78.2 cm³/mol. The van der Waals surface area contributed by atoms with Crippen molar-refractivity contribution >= 4 is 17.0 Å². The third-order valence-electron chi connectivity index (χ3n) is 2.99. The SMILES string of the molecule is CC(Nc1ccccc1-c1cscn1)c1cnc[nH]1. The number of imidazole rings is 1. The highest BCUT2D eigenvalue weighted by atomic mass is 32.1. The highest BCUT2D eigenvalue weighted by Crippen LogP contribution is 2.29. The second-order valence-corrected chi connectivity index (χ2v) is 5.01. The molecule has 1 unspecified atom stereocenters. The average molecular weight is 270 g/mol. The number of rotatable bonds is 4. The maximum Gasteiger partial charge on any atom is 0.0922 e. The van der Waals surface area contributed by atoms with E-state index in [-0.39, 0.29) is 6.04 Å². The van der Waals surface area contributed by atoms with E-state index in [1.165, 1.54) is 0 Å². The number of anilines is 1. The molecule has 3 rings (SSSR count). The summed E-state index contributed by atoms with van der Waals surface area (Å²) >= 11 is 1.60. The van der Waals surface area contributed by atoms with E-state index < -0.39 is 0 Å². The Morgan fingerprint density at radius 1 is 1.32 bits per heavy atom. The standard InChI is InChI=1S/C14H14N4S/c1-10(13-6-15-8-16-13)18-12-5-3-2-4-11(12)14-7-19-9-17-14/h2-10,18H,1H3,(H,15,16). The number of aromatic amines is 1. The van der Waals surface area contributed by atoms with E-state index in [0.717, 1.165) is 22.6 Å². The maximum absolute atomic E-state index is 4.38. The molecule has 0 bridgehead atoms. The molecule has 3 aromatic rings. The van der Waals surface area contributed by atoms with E-state index >= 15 is 0 Å². The first-order valence-corrected chi connectivity index (χ1v) is 7.01. The van der Waals surface area contributed by atoms with Crippen molar-refractivity contribution in [3.05, 3.63) is 53.4 Å². The Morgan fingerprint density at radius 2 is 2.21 bits per heavy atom. The molecule has 0 radical (unpaired) electrons. The van der Waals surface area contributed by atoms with E-state index in [2.05, 4.69) is 44.7 Å². The van der Waals surface area contributed by atoms with Gasteiger partial charge in [-0.2, -0.15) is 0 Å². The van der Waals surface area contributed by atoms with E-state index in [4.69, 9.17) is 0 Å². The van der Waals surface area contributed by atoms with Crippen LogP contribution in [0.2, 0.25) is 0 Å². The molecule has 0 saturated carbocycles. The molecule has 0 aliphatic heterocycles. The number of thiazole rings is 1. The first-order chi connectivity index (χ1) is 9.34. The summed E-state index contributed by atoms with van der Waals surface area (Å²) in [4.78, 5) is 11.6. The van der Waals surface area contributed by atoms with Gasteiger partial charge >= 0.3 is 0 Å². The number of H-pyrrole nitrogens is 1. The Kier molecular flexibility index (Phi) is 3.29. The molecule has 0 saturated heterocycles. The molecule has 1 aromatic carbocycles. The molecule has 0 aliphatic carbocycles. The van der Waals surface area contributed by atoms with E-state index in [1.54, 1.807) is 17.7 Å². The van der Waals surface area contributed by atoms with Crippen molar-refractivity contribution < 1.29 is 0 Å². The largest absolute Gasteiger partial charge is 0.376 e. The van der Waals surface area contributed by atoms with E-state index in [1.807, 2.05) is 23.8 Å². The summed E-state index contributed by atoms with van der Waals surface area (Å²) in [6.45, 7) is 2.10. The summed E-state index contributed by atoms with van der Waals surface area (Å²) in [5.41, 5.74) is 6.12. The van der Waals surface area contributed by atoms with Crippen molar-refractivity contribution in [2.45, 2.75) is 13.0 Å². The lowest BCUT2D eigenvalue weighted by Gasteiger charge is -2.16. The van der Waals surface area contributed by atoms with Crippen molar-refractivity contribution in [3.8, 4) is 11.3 Å². The zero-order valence-corrected chi connectivity index (χ0v) is 11.3. The van der Waals surface area contributed by atoms with Crippen LogP contribution in [-0.4, -0.2) is 15.0 Å². The summed E-state index contributed by atoms with van der Waals surface area (Å²) in [7, 11) is 0. The second kappa shape index (κ2) is 5.24. The maximum atomic E-state index is 4.38. The Morgan fingerprint density at radius 3 is 2.95 bits per heavy atom. The van der Waals surface area contributed by atoms with Gasteiger partial charge in [0.15, 0.2) is 0 Å². The monoisotopic (exact) mass is 270 g/mol. The smallest absolute Gasteiger partial charge is 0.0922 e. The van der Waals surface area contributed by atoms with Crippen LogP contribution >= 0.6 is 11.3 Å². The van der Waals surface area contributed by atoms with Crippen molar-refractivity contribution in [1.29, 1.82) is 0 Å². The molecule has 0 aliphatic rings. The topological polar surface area (TPSA) is 53.6 Å². The first kappa shape index (κ1) is 11.9. The molecular formula is C14H14N4S. The number of nitrogens with zero attached hydrogens (tertiary/aromatic N) is 2. The van der Waals surface area contributed by atoms with Gasteiger partial charge in [-0.3, -0.25) is 0 Å². The first-order valence-electron chi connectivity index (χ1n) is 6.07. The van der Waals surface area contributed by atoms with Crippen molar-refractivity contribution in [3.63, 3.8) is 0 Å². The fourth-order valence-electron chi connectivity index (χ4n) is 1.99.